The molecule has 3 rings (SSSR count). The van der Waals surface area contributed by atoms with Crippen LogP contribution in [-0.2, 0) is 11.2 Å². The van der Waals surface area contributed by atoms with Gasteiger partial charge in [-0.1, -0.05) is 41.3 Å². The molecular formula is C15H17N3OS2. The molecule has 0 N–H and O–H groups in total. The van der Waals surface area contributed by atoms with Crippen molar-refractivity contribution < 1.29 is 4.79 Å². The largest absolute Gasteiger partial charge is 0.311 e. The molecule has 1 amide bonds. The van der Waals surface area contributed by atoms with Gasteiger partial charge in [0.2, 0.25) is 5.91 Å². The number of fused-ring (bicyclic) bond motifs is 1. The third-order valence-electron chi connectivity index (χ3n) is 3.51. The van der Waals surface area contributed by atoms with E-state index in [4.69, 9.17) is 0 Å². The highest BCUT2D eigenvalue weighted by Gasteiger charge is 2.27. The zero-order chi connectivity index (χ0) is 14.8. The van der Waals surface area contributed by atoms with E-state index >= 15 is 0 Å². The fourth-order valence-corrected chi connectivity index (χ4v) is 4.53. The van der Waals surface area contributed by atoms with Crippen LogP contribution in [0.4, 0.5) is 5.69 Å². The average molecular weight is 319 g/mol. The molecule has 0 radical (unpaired) electrons. The third-order valence-corrected chi connectivity index (χ3v) is 5.52. The van der Waals surface area contributed by atoms with Crippen LogP contribution in [-0.4, -0.2) is 27.9 Å². The number of benzene rings is 1. The van der Waals surface area contributed by atoms with Crippen LogP contribution in [0.3, 0.4) is 0 Å². The molecule has 4 nitrogen and oxygen atoms in total. The van der Waals surface area contributed by atoms with Gasteiger partial charge in [-0.3, -0.25) is 4.79 Å². The molecule has 2 aromatic rings. The van der Waals surface area contributed by atoms with Crippen molar-refractivity contribution in [2.45, 2.75) is 36.3 Å². The van der Waals surface area contributed by atoms with Gasteiger partial charge in [0, 0.05) is 12.2 Å². The van der Waals surface area contributed by atoms with Crippen LogP contribution < -0.4 is 4.90 Å². The van der Waals surface area contributed by atoms with Gasteiger partial charge in [-0.15, -0.1) is 10.2 Å². The number of aromatic nitrogens is 2. The Morgan fingerprint density at radius 2 is 2.19 bits per heavy atom. The van der Waals surface area contributed by atoms with Gasteiger partial charge in [0.1, 0.15) is 5.01 Å². The predicted octanol–water partition coefficient (Wildman–Crippen LogP) is 3.31. The second-order valence-corrected chi connectivity index (χ2v) is 7.84. The van der Waals surface area contributed by atoms with E-state index in [1.54, 1.807) is 0 Å². The Bertz CT molecular complexity index is 656. The summed E-state index contributed by atoms with van der Waals surface area (Å²) in [6, 6.07) is 8.19. The van der Waals surface area contributed by atoms with Gasteiger partial charge in [-0.2, -0.15) is 0 Å². The lowest BCUT2D eigenvalue weighted by molar-refractivity contribution is -0.117. The summed E-state index contributed by atoms with van der Waals surface area (Å²) in [4.78, 5) is 14.7. The van der Waals surface area contributed by atoms with Crippen LogP contribution >= 0.6 is 23.1 Å². The van der Waals surface area contributed by atoms with Gasteiger partial charge in [0.15, 0.2) is 4.34 Å². The number of carbonyl (C=O) groups is 1. The van der Waals surface area contributed by atoms with Crippen molar-refractivity contribution in [3.8, 4) is 0 Å². The summed E-state index contributed by atoms with van der Waals surface area (Å²) < 4.78 is 0.860. The van der Waals surface area contributed by atoms with Crippen LogP contribution in [0.5, 0.6) is 0 Å². The minimum Gasteiger partial charge on any atom is -0.311 e. The summed E-state index contributed by atoms with van der Waals surface area (Å²) in [7, 11) is 0. The smallest absolute Gasteiger partial charge is 0.240 e. The Hall–Kier alpha value is -1.40. The SMILES string of the molecule is Cc1nnc(S[C@H](C)C(=O)N2CCCc3ccccc32)s1. The summed E-state index contributed by atoms with van der Waals surface area (Å²) in [6.45, 7) is 4.67. The molecule has 110 valence electrons. The summed E-state index contributed by atoms with van der Waals surface area (Å²) in [5.74, 6) is 0.153. The monoisotopic (exact) mass is 319 g/mol. The van der Waals surface area contributed by atoms with E-state index in [2.05, 4.69) is 16.3 Å². The highest BCUT2D eigenvalue weighted by Crippen LogP contribution is 2.31. The Kier molecular flexibility index (Phi) is 4.26. The lowest BCUT2D eigenvalue weighted by Crippen LogP contribution is -2.40. The van der Waals surface area contributed by atoms with Crippen molar-refractivity contribution in [2.24, 2.45) is 0 Å². The average Bonchev–Trinajstić information content (AvgIpc) is 2.91. The van der Waals surface area contributed by atoms with E-state index < -0.39 is 0 Å². The zero-order valence-electron chi connectivity index (χ0n) is 12.1. The highest BCUT2D eigenvalue weighted by atomic mass is 32.2. The van der Waals surface area contributed by atoms with E-state index in [-0.39, 0.29) is 11.2 Å². The Labute approximate surface area is 132 Å². The van der Waals surface area contributed by atoms with E-state index in [1.165, 1.54) is 28.7 Å². The maximum atomic E-state index is 12.7. The van der Waals surface area contributed by atoms with E-state index in [1.807, 2.05) is 36.9 Å². The summed E-state index contributed by atoms with van der Waals surface area (Å²) in [5, 5.41) is 8.87. The Morgan fingerprint density at radius 3 is 2.95 bits per heavy atom. The minimum atomic E-state index is -0.150. The molecule has 1 aromatic heterocycles. The van der Waals surface area contributed by atoms with Crippen molar-refractivity contribution in [3.63, 3.8) is 0 Å². The van der Waals surface area contributed by atoms with Crippen LogP contribution in [0.15, 0.2) is 28.6 Å². The number of anilines is 1. The van der Waals surface area contributed by atoms with Crippen LogP contribution in [0.2, 0.25) is 0 Å². The lowest BCUT2D eigenvalue weighted by Gasteiger charge is -2.31. The molecule has 1 atom stereocenters. The molecule has 0 saturated carbocycles. The number of hydrogen-bond acceptors (Lipinski definition) is 5. The van der Waals surface area contributed by atoms with E-state index in [9.17, 15) is 4.79 Å². The first-order valence-electron chi connectivity index (χ1n) is 7.01. The number of nitrogens with zero attached hydrogens (tertiary/aromatic N) is 3. The molecule has 0 fully saturated rings. The van der Waals surface area contributed by atoms with Gasteiger partial charge in [-0.25, -0.2) is 0 Å². The molecule has 0 aliphatic carbocycles. The number of carbonyl (C=O) groups excluding carboxylic acids is 1. The van der Waals surface area contributed by atoms with E-state index in [0.29, 0.717) is 0 Å². The van der Waals surface area contributed by atoms with Crippen LogP contribution in [0.25, 0.3) is 0 Å². The molecule has 2 heterocycles. The second kappa shape index (κ2) is 6.15. The number of rotatable bonds is 3. The van der Waals surface area contributed by atoms with Crippen LogP contribution in [0, 0.1) is 6.92 Å². The lowest BCUT2D eigenvalue weighted by atomic mass is 10.0. The van der Waals surface area contributed by atoms with E-state index in [0.717, 1.165) is 34.4 Å². The summed E-state index contributed by atoms with van der Waals surface area (Å²) >= 11 is 3.03. The number of para-hydroxylation sites is 1. The van der Waals surface area contributed by atoms with Gasteiger partial charge in [0.25, 0.3) is 0 Å². The van der Waals surface area contributed by atoms with Gasteiger partial charge in [0.05, 0.1) is 5.25 Å². The second-order valence-electron chi connectivity index (χ2n) is 5.07. The molecule has 1 aromatic carbocycles. The predicted molar refractivity (Wildman–Crippen MR) is 87.1 cm³/mol. The maximum Gasteiger partial charge on any atom is 0.240 e. The Morgan fingerprint density at radius 1 is 1.38 bits per heavy atom. The number of aryl methyl sites for hydroxylation is 2. The topological polar surface area (TPSA) is 46.1 Å². The first-order chi connectivity index (χ1) is 10.1. The highest BCUT2D eigenvalue weighted by molar-refractivity contribution is 8.02. The van der Waals surface area contributed by atoms with Crippen molar-refractivity contribution in [3.05, 3.63) is 34.8 Å². The number of amides is 1. The summed E-state index contributed by atoms with van der Waals surface area (Å²) in [5.41, 5.74) is 2.33. The third kappa shape index (κ3) is 3.11. The molecule has 21 heavy (non-hydrogen) atoms. The van der Waals surface area contributed by atoms with Crippen molar-refractivity contribution in [1.82, 2.24) is 10.2 Å². The molecule has 0 bridgehead atoms. The fourth-order valence-electron chi connectivity index (χ4n) is 2.51. The molecule has 1 aliphatic rings. The quantitative estimate of drug-likeness (QED) is 0.814. The standard InChI is InChI=1S/C15H17N3OS2/c1-10(20-15-17-16-11(2)21-15)14(19)18-9-5-7-12-6-3-4-8-13(12)18/h3-4,6,8,10H,5,7,9H2,1-2H3/t10-/m1/s1. The fraction of sp³-hybridized carbons (Fsp3) is 0.400. The van der Waals surface area contributed by atoms with Gasteiger partial charge < -0.3 is 4.90 Å². The van der Waals surface area contributed by atoms with Crippen molar-refractivity contribution in [2.75, 3.05) is 11.4 Å². The molecule has 6 heteroatoms. The zero-order valence-corrected chi connectivity index (χ0v) is 13.7. The summed E-state index contributed by atoms with van der Waals surface area (Å²) in [6.07, 6.45) is 2.08. The number of thioether (sulfide) groups is 1. The molecule has 0 saturated heterocycles. The number of hydrogen-bond donors (Lipinski definition) is 0. The molecular weight excluding hydrogens is 302 g/mol. The first-order valence-corrected chi connectivity index (χ1v) is 8.71. The van der Waals surface area contributed by atoms with Crippen LogP contribution in [0.1, 0.15) is 23.9 Å². The molecule has 0 unspecified atom stereocenters. The first kappa shape index (κ1) is 14.5. The van der Waals surface area contributed by atoms with Crippen molar-refractivity contribution >= 4 is 34.7 Å². The Balaban J connectivity index is 1.76. The maximum absolute atomic E-state index is 12.7. The van der Waals surface area contributed by atoms with Crippen molar-refractivity contribution in [1.29, 1.82) is 0 Å². The molecule has 0 spiro atoms. The normalized spacial score (nSPS) is 15.6. The van der Waals surface area contributed by atoms with Gasteiger partial charge >= 0.3 is 0 Å². The molecule has 1 aliphatic heterocycles. The minimum absolute atomic E-state index is 0.150. The van der Waals surface area contributed by atoms with Gasteiger partial charge in [-0.05, 0) is 38.3 Å².